The first-order valence-electron chi connectivity index (χ1n) is 13.2. The summed E-state index contributed by atoms with van der Waals surface area (Å²) in [5.74, 6) is 0. The topological polar surface area (TPSA) is 25.8 Å². The Balaban J connectivity index is 1.37. The van der Waals surface area contributed by atoms with Gasteiger partial charge in [-0.25, -0.2) is 9.97 Å². The fraction of sp³-hybridized carbons (Fsp3) is 0.0588. The minimum absolute atomic E-state index is 1.04. The Bertz CT molecular complexity index is 2470. The largest absolute Gasteiger partial charge is 0.247 e. The van der Waals surface area contributed by atoms with Gasteiger partial charge in [0, 0.05) is 41.2 Å². The maximum absolute atomic E-state index is 5.06. The van der Waals surface area contributed by atoms with Crippen molar-refractivity contribution in [3.63, 3.8) is 0 Å². The average Bonchev–Trinajstić information content (AvgIpc) is 3.75. The summed E-state index contributed by atoms with van der Waals surface area (Å²) in [6.07, 6.45) is 0. The maximum Gasteiger partial charge on any atom is 0.0809 e. The monoisotopic (exact) mass is 584 g/mol. The third kappa shape index (κ3) is 3.25. The zero-order valence-electron chi connectivity index (χ0n) is 21.6. The van der Waals surface area contributed by atoms with Gasteiger partial charge in [-0.15, -0.1) is 45.3 Å². The first-order valence-corrected chi connectivity index (χ1v) is 16.4. The summed E-state index contributed by atoms with van der Waals surface area (Å²) in [5.41, 5.74) is 5.58. The zero-order valence-corrected chi connectivity index (χ0v) is 24.9. The fourth-order valence-electron chi connectivity index (χ4n) is 5.72. The number of fused-ring (bicyclic) bond motifs is 10. The van der Waals surface area contributed by atoms with E-state index >= 15 is 0 Å². The number of aryl methyl sites for hydroxylation is 2. The molecule has 40 heavy (non-hydrogen) atoms. The number of nitrogens with zero attached hydrogens (tertiary/aromatic N) is 2. The van der Waals surface area contributed by atoms with Crippen molar-refractivity contribution < 1.29 is 0 Å². The molecule has 0 unspecified atom stereocenters. The molecule has 0 aliphatic carbocycles. The normalized spacial score (nSPS) is 12.2. The van der Waals surface area contributed by atoms with Gasteiger partial charge in [-0.05, 0) is 55.8 Å². The standard InChI is InChI=1S/C34H20N2S4/c1-17-18(2)37-34-29-21-15-27(25-13-11-19-7-3-5-9-23(19)35-25)38-32(21)33-22(31(29)40-30(17)34)16-28(39-33)26-14-12-20-8-4-6-10-24(20)36-26/h3-16H,1-2H3. The molecule has 9 rings (SSSR count). The number of rotatable bonds is 2. The van der Waals surface area contributed by atoms with Crippen LogP contribution in [0.1, 0.15) is 10.4 Å². The molecular formula is C34H20N2S4. The molecule has 3 aromatic carbocycles. The average molecular weight is 585 g/mol. The molecule has 0 amide bonds. The Morgan fingerprint density at radius 3 is 1.73 bits per heavy atom. The minimum atomic E-state index is 1.04. The summed E-state index contributed by atoms with van der Waals surface area (Å²) < 4.78 is 6.96. The van der Waals surface area contributed by atoms with Crippen molar-refractivity contribution in [2.75, 3.05) is 0 Å². The van der Waals surface area contributed by atoms with Gasteiger partial charge < -0.3 is 0 Å². The van der Waals surface area contributed by atoms with E-state index in [1.54, 1.807) is 0 Å². The first kappa shape index (κ1) is 23.1. The molecule has 6 aromatic heterocycles. The van der Waals surface area contributed by atoms with Gasteiger partial charge >= 0.3 is 0 Å². The molecule has 0 saturated heterocycles. The number of para-hydroxylation sites is 2. The van der Waals surface area contributed by atoms with Crippen LogP contribution in [0.4, 0.5) is 0 Å². The molecule has 0 N–H and O–H groups in total. The lowest BCUT2D eigenvalue weighted by atomic mass is 10.1. The molecule has 0 aliphatic heterocycles. The van der Waals surface area contributed by atoms with E-state index in [0.717, 1.165) is 22.4 Å². The highest BCUT2D eigenvalue weighted by Crippen LogP contribution is 2.53. The molecule has 0 radical (unpaired) electrons. The Kier molecular flexibility index (Phi) is 4.85. The number of hydrogen-bond donors (Lipinski definition) is 0. The van der Waals surface area contributed by atoms with Crippen molar-refractivity contribution in [1.82, 2.24) is 9.97 Å². The van der Waals surface area contributed by atoms with Crippen molar-refractivity contribution >= 4 is 107 Å². The minimum Gasteiger partial charge on any atom is -0.247 e. The van der Waals surface area contributed by atoms with E-state index < -0.39 is 0 Å². The third-order valence-corrected chi connectivity index (χ3v) is 13.1. The number of hydrogen-bond acceptors (Lipinski definition) is 6. The summed E-state index contributed by atoms with van der Waals surface area (Å²) >= 11 is 7.64. The van der Waals surface area contributed by atoms with Gasteiger partial charge in [-0.3, -0.25) is 0 Å². The maximum atomic E-state index is 5.06. The Labute approximate surface area is 245 Å². The lowest BCUT2D eigenvalue weighted by Gasteiger charge is -2.00. The second kappa shape index (κ2) is 8.41. The quantitative estimate of drug-likeness (QED) is 0.202. The van der Waals surface area contributed by atoms with Crippen LogP contribution in [-0.2, 0) is 0 Å². The zero-order chi connectivity index (χ0) is 26.5. The van der Waals surface area contributed by atoms with E-state index in [2.05, 4.69) is 98.8 Å². The van der Waals surface area contributed by atoms with Crippen LogP contribution in [0, 0.1) is 13.8 Å². The van der Waals surface area contributed by atoms with Gasteiger partial charge in [0.15, 0.2) is 0 Å². The van der Waals surface area contributed by atoms with Gasteiger partial charge in [0.05, 0.1) is 46.3 Å². The van der Waals surface area contributed by atoms with Crippen LogP contribution in [-0.4, -0.2) is 9.97 Å². The predicted octanol–water partition coefficient (Wildman–Crippen LogP) is 11.6. The Morgan fingerprint density at radius 2 is 1.07 bits per heavy atom. The van der Waals surface area contributed by atoms with Crippen LogP contribution >= 0.6 is 45.3 Å². The third-order valence-electron chi connectivity index (χ3n) is 7.87. The Hall–Kier alpha value is -3.68. The molecule has 9 aromatic rings. The number of aromatic nitrogens is 2. The van der Waals surface area contributed by atoms with Gasteiger partial charge in [-0.1, -0.05) is 48.5 Å². The highest BCUT2D eigenvalue weighted by Gasteiger charge is 2.22. The van der Waals surface area contributed by atoms with Gasteiger partial charge in [0.25, 0.3) is 0 Å². The molecule has 6 heteroatoms. The van der Waals surface area contributed by atoms with E-state index in [-0.39, 0.29) is 0 Å². The molecule has 0 bridgehead atoms. The van der Waals surface area contributed by atoms with Crippen LogP contribution in [0.2, 0.25) is 0 Å². The van der Waals surface area contributed by atoms with E-state index in [1.807, 2.05) is 45.3 Å². The molecule has 0 fully saturated rings. The number of benzene rings is 3. The number of thiophene rings is 4. The van der Waals surface area contributed by atoms with E-state index in [9.17, 15) is 0 Å². The predicted molar refractivity (Wildman–Crippen MR) is 179 cm³/mol. The smallest absolute Gasteiger partial charge is 0.0809 e. The molecule has 2 nitrogen and oxygen atoms in total. The van der Waals surface area contributed by atoms with Crippen molar-refractivity contribution in [2.45, 2.75) is 13.8 Å². The van der Waals surface area contributed by atoms with Crippen LogP contribution in [0.15, 0.2) is 84.9 Å². The molecule has 6 heterocycles. The van der Waals surface area contributed by atoms with Gasteiger partial charge in [-0.2, -0.15) is 0 Å². The summed E-state index contributed by atoms with van der Waals surface area (Å²) in [6.45, 7) is 4.52. The molecule has 0 saturated carbocycles. The second-order valence-corrected chi connectivity index (χ2v) is 14.6. The van der Waals surface area contributed by atoms with E-state index in [1.165, 1.54) is 70.6 Å². The molecule has 0 aliphatic rings. The highest BCUT2D eigenvalue weighted by molar-refractivity contribution is 7.36. The van der Waals surface area contributed by atoms with Crippen LogP contribution < -0.4 is 0 Å². The summed E-state index contributed by atoms with van der Waals surface area (Å²) in [5, 5.41) is 6.45. The van der Waals surface area contributed by atoms with Crippen LogP contribution in [0.3, 0.4) is 0 Å². The van der Waals surface area contributed by atoms with Crippen molar-refractivity contribution in [3.05, 3.63) is 95.4 Å². The summed E-state index contributed by atoms with van der Waals surface area (Å²) in [4.78, 5) is 14.0. The van der Waals surface area contributed by atoms with E-state index in [4.69, 9.17) is 9.97 Å². The van der Waals surface area contributed by atoms with Crippen molar-refractivity contribution in [3.8, 4) is 21.1 Å². The fourth-order valence-corrected chi connectivity index (χ4v) is 11.0. The lowest BCUT2D eigenvalue weighted by molar-refractivity contribution is 1.42. The number of pyridine rings is 2. The van der Waals surface area contributed by atoms with E-state index in [0.29, 0.717) is 0 Å². The first-order chi connectivity index (χ1) is 19.6. The molecule has 0 atom stereocenters. The lowest BCUT2D eigenvalue weighted by Crippen LogP contribution is -1.82. The van der Waals surface area contributed by atoms with Gasteiger partial charge in [0.2, 0.25) is 0 Å². The van der Waals surface area contributed by atoms with Crippen LogP contribution in [0.25, 0.3) is 82.6 Å². The SMILES string of the molecule is Cc1sc2c(sc3c4cc(-c5ccc6ccccc6n5)sc4c4sc(-c5ccc6ccccc6n5)cc4c23)c1C. The van der Waals surface area contributed by atoms with Crippen molar-refractivity contribution in [2.24, 2.45) is 0 Å². The summed E-state index contributed by atoms with van der Waals surface area (Å²) in [7, 11) is 0. The highest BCUT2D eigenvalue weighted by atomic mass is 32.1. The van der Waals surface area contributed by atoms with Crippen molar-refractivity contribution in [1.29, 1.82) is 0 Å². The van der Waals surface area contributed by atoms with Gasteiger partial charge in [0.1, 0.15) is 0 Å². The summed E-state index contributed by atoms with van der Waals surface area (Å²) in [6, 6.07) is 30.2. The Morgan fingerprint density at radius 1 is 0.500 bits per heavy atom. The van der Waals surface area contributed by atoms with Crippen LogP contribution in [0.5, 0.6) is 0 Å². The molecular weight excluding hydrogens is 565 g/mol. The molecule has 0 spiro atoms. The second-order valence-electron chi connectivity index (χ2n) is 10.2. The molecule has 190 valence electrons.